The fourth-order valence-corrected chi connectivity index (χ4v) is 2.47. The summed E-state index contributed by atoms with van der Waals surface area (Å²) in [7, 11) is 0. The highest BCUT2D eigenvalue weighted by Gasteiger charge is 2.26. The Hall–Kier alpha value is -2.08. The van der Waals surface area contributed by atoms with Gasteiger partial charge in [-0.1, -0.05) is 17.7 Å². The van der Waals surface area contributed by atoms with Crippen LogP contribution in [0.5, 0.6) is 0 Å². The van der Waals surface area contributed by atoms with E-state index in [2.05, 4.69) is 10.6 Å². The highest BCUT2D eigenvalue weighted by atomic mass is 16.2. The molecule has 21 heavy (non-hydrogen) atoms. The van der Waals surface area contributed by atoms with E-state index >= 15 is 0 Å². The monoisotopic (exact) mass is 290 g/mol. The van der Waals surface area contributed by atoms with Crippen LogP contribution >= 0.6 is 0 Å². The summed E-state index contributed by atoms with van der Waals surface area (Å²) in [4.78, 5) is 25.2. The molecule has 3 amide bonds. The Bertz CT molecular complexity index is 495. The number of nitrogens with zero attached hydrogens (tertiary/aromatic N) is 1. The van der Waals surface area contributed by atoms with Crippen LogP contribution in [0.4, 0.5) is 10.5 Å². The lowest BCUT2D eigenvalue weighted by Crippen LogP contribution is -2.52. The van der Waals surface area contributed by atoms with E-state index in [-0.39, 0.29) is 18.6 Å². The number of rotatable bonds is 4. The first-order chi connectivity index (χ1) is 10.1. The predicted octanol–water partition coefficient (Wildman–Crippen LogP) is 1.07. The molecule has 0 aliphatic carbocycles. The summed E-state index contributed by atoms with van der Waals surface area (Å²) < 4.78 is 0. The molecule has 0 saturated carbocycles. The van der Waals surface area contributed by atoms with Crippen LogP contribution in [0.3, 0.4) is 0 Å². The van der Waals surface area contributed by atoms with Crippen molar-refractivity contribution in [3.63, 3.8) is 0 Å². The van der Waals surface area contributed by atoms with Gasteiger partial charge in [0, 0.05) is 18.3 Å². The van der Waals surface area contributed by atoms with Gasteiger partial charge in [-0.3, -0.25) is 4.79 Å². The van der Waals surface area contributed by atoms with Crippen molar-refractivity contribution in [2.75, 3.05) is 25.0 Å². The van der Waals surface area contributed by atoms with E-state index in [0.717, 1.165) is 24.9 Å². The summed E-state index contributed by atoms with van der Waals surface area (Å²) in [5, 5.41) is 6.06. The largest absolute Gasteiger partial charge is 0.368 e. The van der Waals surface area contributed by atoms with E-state index < -0.39 is 5.91 Å². The van der Waals surface area contributed by atoms with Crippen molar-refractivity contribution < 1.29 is 9.59 Å². The summed E-state index contributed by atoms with van der Waals surface area (Å²) >= 11 is 0. The van der Waals surface area contributed by atoms with Gasteiger partial charge in [0.2, 0.25) is 5.91 Å². The van der Waals surface area contributed by atoms with Crippen LogP contribution in [0, 0.1) is 6.92 Å². The molecule has 0 radical (unpaired) electrons. The number of piperidine rings is 1. The smallest absolute Gasteiger partial charge is 0.322 e. The van der Waals surface area contributed by atoms with Crippen molar-refractivity contribution in [3.05, 3.63) is 29.8 Å². The van der Waals surface area contributed by atoms with Gasteiger partial charge in [-0.25, -0.2) is 4.79 Å². The molecule has 1 unspecified atom stereocenters. The molecular weight excluding hydrogens is 268 g/mol. The molecule has 1 saturated heterocycles. The zero-order valence-corrected chi connectivity index (χ0v) is 12.3. The molecule has 4 N–H and O–H groups in total. The maximum absolute atomic E-state index is 12.4. The lowest BCUT2D eigenvalue weighted by molar-refractivity contribution is -0.119. The minimum atomic E-state index is -0.500. The van der Waals surface area contributed by atoms with Gasteiger partial charge in [-0.15, -0.1) is 0 Å². The number of benzene rings is 1. The first kappa shape index (κ1) is 15.3. The average molecular weight is 290 g/mol. The molecule has 6 heteroatoms. The van der Waals surface area contributed by atoms with Gasteiger partial charge < -0.3 is 21.3 Å². The maximum Gasteiger partial charge on any atom is 0.322 e. The van der Waals surface area contributed by atoms with E-state index in [0.29, 0.717) is 12.2 Å². The van der Waals surface area contributed by atoms with Gasteiger partial charge >= 0.3 is 6.03 Å². The zero-order valence-electron chi connectivity index (χ0n) is 12.3. The summed E-state index contributed by atoms with van der Waals surface area (Å²) in [6.45, 7) is 3.55. The second kappa shape index (κ2) is 7.08. The molecule has 0 aromatic heterocycles. The first-order valence-electron chi connectivity index (χ1n) is 7.19. The normalized spacial score (nSPS) is 18.0. The van der Waals surface area contributed by atoms with Crippen LogP contribution in [0.1, 0.15) is 18.4 Å². The number of nitrogens with two attached hydrogens (primary N) is 1. The van der Waals surface area contributed by atoms with E-state index in [1.165, 1.54) is 4.90 Å². The van der Waals surface area contributed by atoms with Gasteiger partial charge in [0.15, 0.2) is 0 Å². The minimum Gasteiger partial charge on any atom is -0.368 e. The van der Waals surface area contributed by atoms with Crippen molar-refractivity contribution in [1.82, 2.24) is 10.2 Å². The van der Waals surface area contributed by atoms with Gasteiger partial charge in [0.1, 0.15) is 6.54 Å². The lowest BCUT2D eigenvalue weighted by atomic mass is 10.1. The number of nitrogens with one attached hydrogen (secondary N) is 2. The summed E-state index contributed by atoms with van der Waals surface area (Å²) in [5.74, 6) is -0.500. The Labute approximate surface area is 124 Å². The molecule has 114 valence electrons. The summed E-state index contributed by atoms with van der Waals surface area (Å²) in [6.07, 6.45) is 1.86. The second-order valence-electron chi connectivity index (χ2n) is 5.39. The van der Waals surface area contributed by atoms with Crippen LogP contribution in [-0.2, 0) is 4.79 Å². The Kier molecular flexibility index (Phi) is 5.16. The van der Waals surface area contributed by atoms with Gasteiger partial charge in [0.05, 0.1) is 0 Å². The maximum atomic E-state index is 12.4. The highest BCUT2D eigenvalue weighted by Crippen LogP contribution is 2.14. The van der Waals surface area contributed by atoms with E-state index in [1.807, 2.05) is 31.2 Å². The van der Waals surface area contributed by atoms with Crippen molar-refractivity contribution >= 4 is 17.6 Å². The fourth-order valence-electron chi connectivity index (χ4n) is 2.47. The van der Waals surface area contributed by atoms with Gasteiger partial charge in [0.25, 0.3) is 0 Å². The Morgan fingerprint density at radius 2 is 2.10 bits per heavy atom. The molecule has 0 spiro atoms. The molecule has 1 aliphatic rings. The fraction of sp³-hybridized carbons (Fsp3) is 0.467. The van der Waals surface area contributed by atoms with Crippen LogP contribution < -0.4 is 16.4 Å². The number of carbonyl (C=O) groups is 2. The van der Waals surface area contributed by atoms with Crippen molar-refractivity contribution in [2.45, 2.75) is 25.8 Å². The highest BCUT2D eigenvalue weighted by molar-refractivity contribution is 5.92. The number of amides is 3. The summed E-state index contributed by atoms with van der Waals surface area (Å²) in [6, 6.07) is 7.25. The van der Waals surface area contributed by atoms with Crippen LogP contribution in [0.15, 0.2) is 24.3 Å². The van der Waals surface area contributed by atoms with Gasteiger partial charge in [-0.2, -0.15) is 0 Å². The SMILES string of the molecule is Cc1ccc(NC(=O)N(CC(N)=O)C2CCCNC2)cc1. The number of hydrogen-bond donors (Lipinski definition) is 3. The third-order valence-corrected chi connectivity index (χ3v) is 3.60. The van der Waals surface area contributed by atoms with Crippen molar-refractivity contribution in [1.29, 1.82) is 0 Å². The molecule has 1 aromatic rings. The number of primary amides is 1. The lowest BCUT2D eigenvalue weighted by Gasteiger charge is -2.33. The molecule has 2 rings (SSSR count). The van der Waals surface area contributed by atoms with E-state index in [9.17, 15) is 9.59 Å². The van der Waals surface area contributed by atoms with Crippen molar-refractivity contribution in [2.24, 2.45) is 5.73 Å². The zero-order chi connectivity index (χ0) is 15.2. The second-order valence-corrected chi connectivity index (χ2v) is 5.39. The average Bonchev–Trinajstić information content (AvgIpc) is 2.48. The van der Waals surface area contributed by atoms with Gasteiger partial charge in [-0.05, 0) is 38.4 Å². The predicted molar refractivity (Wildman–Crippen MR) is 82.0 cm³/mol. The summed E-state index contributed by atoms with van der Waals surface area (Å²) in [5.41, 5.74) is 7.11. The number of carbonyl (C=O) groups excluding carboxylic acids is 2. The van der Waals surface area contributed by atoms with Crippen molar-refractivity contribution in [3.8, 4) is 0 Å². The van der Waals surface area contributed by atoms with E-state index in [1.54, 1.807) is 0 Å². The number of hydrogen-bond acceptors (Lipinski definition) is 3. The Morgan fingerprint density at radius 3 is 2.67 bits per heavy atom. The third-order valence-electron chi connectivity index (χ3n) is 3.60. The quantitative estimate of drug-likeness (QED) is 0.775. The van der Waals surface area contributed by atoms with E-state index in [4.69, 9.17) is 5.73 Å². The number of aryl methyl sites for hydroxylation is 1. The Balaban J connectivity index is 2.05. The van der Waals surface area contributed by atoms with Crippen LogP contribution in [0.25, 0.3) is 0 Å². The van der Waals surface area contributed by atoms with Crippen LogP contribution in [-0.4, -0.2) is 42.5 Å². The number of urea groups is 1. The minimum absolute atomic E-state index is 0.00306. The molecule has 1 aliphatic heterocycles. The molecule has 1 atom stereocenters. The molecular formula is C15H22N4O2. The van der Waals surface area contributed by atoms with Crippen LogP contribution in [0.2, 0.25) is 0 Å². The number of anilines is 1. The third kappa shape index (κ3) is 4.46. The molecule has 0 bridgehead atoms. The Morgan fingerprint density at radius 1 is 1.38 bits per heavy atom. The molecule has 1 aromatic carbocycles. The molecule has 1 heterocycles. The standard InChI is InChI=1S/C15H22N4O2/c1-11-4-6-12(7-5-11)18-15(21)19(10-14(16)20)13-3-2-8-17-9-13/h4-7,13,17H,2-3,8-10H2,1H3,(H2,16,20)(H,18,21). The first-order valence-corrected chi connectivity index (χ1v) is 7.19. The topological polar surface area (TPSA) is 87.5 Å². The molecule has 6 nitrogen and oxygen atoms in total. The molecule has 1 fully saturated rings.